The number of para-hydroxylation sites is 1. The molecule has 0 amide bonds. The molecule has 9 nitrogen and oxygen atoms in total. The lowest BCUT2D eigenvalue weighted by Crippen LogP contribution is -2.18. The molecule has 0 spiro atoms. The summed E-state index contributed by atoms with van der Waals surface area (Å²) in [6.45, 7) is 0. The van der Waals surface area contributed by atoms with E-state index < -0.39 is 20.0 Å². The van der Waals surface area contributed by atoms with Gasteiger partial charge in [-0.15, -0.1) is 0 Å². The minimum absolute atomic E-state index is 0.0496. The standard InChI is InChI=1S/C21H18ClN3O6S3/c1-25-18-10-8-14(12-15(18)21(26)32-25)33(27,28)24-17-11-13(22)7-9-16(17)23-34(29,30)20-6-4-3-5-19(20)31-2/h3-12,23-24H,1-2H3. The van der Waals surface area contributed by atoms with Crippen LogP contribution in [0.5, 0.6) is 5.75 Å². The highest BCUT2D eigenvalue weighted by Gasteiger charge is 2.23. The molecular formula is C21H18ClN3O6S3. The molecule has 0 bridgehead atoms. The van der Waals surface area contributed by atoms with Crippen molar-refractivity contribution in [3.8, 4) is 5.75 Å². The third-order valence-corrected chi connectivity index (χ3v) is 8.75. The van der Waals surface area contributed by atoms with Crippen molar-refractivity contribution < 1.29 is 21.6 Å². The molecule has 2 N–H and O–H groups in total. The van der Waals surface area contributed by atoms with Crippen LogP contribution >= 0.6 is 23.1 Å². The van der Waals surface area contributed by atoms with Crippen LogP contribution in [0.15, 0.2) is 75.2 Å². The Morgan fingerprint density at radius 3 is 2.35 bits per heavy atom. The first kappa shape index (κ1) is 24.1. The monoisotopic (exact) mass is 539 g/mol. The maximum absolute atomic E-state index is 13.1. The Kier molecular flexibility index (Phi) is 6.34. The summed E-state index contributed by atoms with van der Waals surface area (Å²) in [4.78, 5) is 11.9. The van der Waals surface area contributed by atoms with Gasteiger partial charge in [0.1, 0.15) is 10.6 Å². The summed E-state index contributed by atoms with van der Waals surface area (Å²) in [5.74, 6) is 0.122. The van der Waals surface area contributed by atoms with E-state index in [2.05, 4.69) is 9.44 Å². The van der Waals surface area contributed by atoms with E-state index in [1.807, 2.05) is 0 Å². The molecule has 178 valence electrons. The molecule has 13 heteroatoms. The zero-order valence-corrected chi connectivity index (χ0v) is 21.0. The fourth-order valence-electron chi connectivity index (χ4n) is 3.28. The molecule has 0 radical (unpaired) electrons. The number of sulfonamides is 2. The van der Waals surface area contributed by atoms with Crippen LogP contribution in [0.3, 0.4) is 0 Å². The van der Waals surface area contributed by atoms with Crippen LogP contribution in [0.1, 0.15) is 0 Å². The molecular weight excluding hydrogens is 522 g/mol. The van der Waals surface area contributed by atoms with Crippen molar-refractivity contribution in [2.75, 3.05) is 16.6 Å². The van der Waals surface area contributed by atoms with Crippen LogP contribution in [-0.4, -0.2) is 27.9 Å². The Hall–Kier alpha value is -3.06. The quantitative estimate of drug-likeness (QED) is 0.367. The lowest BCUT2D eigenvalue weighted by atomic mass is 10.2. The predicted molar refractivity (Wildman–Crippen MR) is 133 cm³/mol. The number of hydrogen-bond acceptors (Lipinski definition) is 7. The van der Waals surface area contributed by atoms with E-state index in [1.54, 1.807) is 17.1 Å². The second-order valence-corrected chi connectivity index (χ2v) is 12.0. The van der Waals surface area contributed by atoms with Gasteiger partial charge in [-0.2, -0.15) is 0 Å². The number of benzene rings is 3. The number of hydrogen-bond donors (Lipinski definition) is 2. The SMILES string of the molecule is COc1ccccc1S(=O)(=O)Nc1ccc(Cl)cc1NS(=O)(=O)c1ccc2c(c1)c(=O)sn2C. The lowest BCUT2D eigenvalue weighted by Gasteiger charge is -2.16. The minimum Gasteiger partial charge on any atom is -0.495 e. The number of nitrogens with zero attached hydrogens (tertiary/aromatic N) is 1. The zero-order valence-electron chi connectivity index (χ0n) is 17.8. The van der Waals surface area contributed by atoms with Crippen molar-refractivity contribution in [2.24, 2.45) is 7.05 Å². The summed E-state index contributed by atoms with van der Waals surface area (Å²) in [5, 5.41) is 0.443. The number of halogens is 1. The topological polar surface area (TPSA) is 124 Å². The Balaban J connectivity index is 1.73. The second-order valence-electron chi connectivity index (χ2n) is 7.11. The third-order valence-electron chi connectivity index (χ3n) is 4.89. The first-order valence-corrected chi connectivity index (χ1v) is 13.7. The number of methoxy groups -OCH3 is 1. The van der Waals surface area contributed by atoms with E-state index in [1.165, 1.54) is 61.7 Å². The Labute approximate surface area is 204 Å². The molecule has 0 atom stereocenters. The maximum atomic E-state index is 13.1. The van der Waals surface area contributed by atoms with E-state index >= 15 is 0 Å². The van der Waals surface area contributed by atoms with E-state index in [0.29, 0.717) is 5.52 Å². The molecule has 3 aromatic carbocycles. The van der Waals surface area contributed by atoms with Crippen LogP contribution in [0.4, 0.5) is 11.4 Å². The summed E-state index contributed by atoms with van der Waals surface area (Å²) >= 11 is 7.01. The molecule has 0 unspecified atom stereocenters. The molecule has 1 aromatic heterocycles. The molecule has 4 rings (SSSR count). The number of aromatic nitrogens is 1. The largest absolute Gasteiger partial charge is 0.495 e. The smallest absolute Gasteiger partial charge is 0.265 e. The average molecular weight is 540 g/mol. The number of nitrogens with one attached hydrogen (secondary N) is 2. The average Bonchev–Trinajstić information content (AvgIpc) is 3.08. The molecule has 0 saturated heterocycles. The molecule has 0 aliphatic heterocycles. The highest BCUT2D eigenvalue weighted by molar-refractivity contribution is 7.93. The van der Waals surface area contributed by atoms with Gasteiger partial charge in [-0.25, -0.2) is 16.8 Å². The van der Waals surface area contributed by atoms with Crippen LogP contribution in [0.2, 0.25) is 5.02 Å². The molecule has 1 heterocycles. The van der Waals surface area contributed by atoms with Crippen molar-refractivity contribution in [1.82, 2.24) is 3.96 Å². The van der Waals surface area contributed by atoms with Crippen molar-refractivity contribution in [2.45, 2.75) is 9.79 Å². The molecule has 4 aromatic rings. The number of ether oxygens (including phenoxy) is 1. The van der Waals surface area contributed by atoms with Crippen molar-refractivity contribution in [1.29, 1.82) is 0 Å². The zero-order chi connectivity index (χ0) is 24.7. The van der Waals surface area contributed by atoms with Crippen molar-refractivity contribution in [3.63, 3.8) is 0 Å². The van der Waals surface area contributed by atoms with Crippen LogP contribution in [0.25, 0.3) is 10.9 Å². The highest BCUT2D eigenvalue weighted by atomic mass is 35.5. The molecule has 0 saturated carbocycles. The van der Waals surface area contributed by atoms with E-state index in [9.17, 15) is 21.6 Å². The predicted octanol–water partition coefficient (Wildman–Crippen LogP) is 3.86. The van der Waals surface area contributed by atoms with Gasteiger partial charge < -0.3 is 4.74 Å². The Morgan fingerprint density at radius 1 is 0.912 bits per heavy atom. The van der Waals surface area contributed by atoms with Gasteiger partial charge in [-0.05, 0) is 60.1 Å². The van der Waals surface area contributed by atoms with Gasteiger partial charge in [0.05, 0.1) is 34.3 Å². The number of rotatable bonds is 7. The van der Waals surface area contributed by atoms with Gasteiger partial charge in [0.25, 0.3) is 24.8 Å². The normalized spacial score (nSPS) is 12.0. The van der Waals surface area contributed by atoms with Gasteiger partial charge in [0, 0.05) is 12.1 Å². The summed E-state index contributed by atoms with van der Waals surface area (Å²) in [6.07, 6.45) is 0. The molecule has 0 aliphatic rings. The summed E-state index contributed by atoms with van der Waals surface area (Å²) in [6, 6.07) is 14.2. The summed E-state index contributed by atoms with van der Waals surface area (Å²) in [7, 11) is -5.29. The van der Waals surface area contributed by atoms with Crippen LogP contribution in [-0.2, 0) is 27.1 Å². The Morgan fingerprint density at radius 2 is 1.62 bits per heavy atom. The first-order chi connectivity index (χ1) is 16.0. The fraction of sp³-hybridized carbons (Fsp3) is 0.0952. The maximum Gasteiger partial charge on any atom is 0.265 e. The molecule has 0 fully saturated rings. The Bertz CT molecular complexity index is 1680. The van der Waals surface area contributed by atoms with Crippen molar-refractivity contribution >= 4 is 65.5 Å². The molecule has 0 aliphatic carbocycles. The van der Waals surface area contributed by atoms with Gasteiger partial charge in [0.2, 0.25) is 0 Å². The van der Waals surface area contributed by atoms with E-state index in [4.69, 9.17) is 16.3 Å². The number of fused-ring (bicyclic) bond motifs is 1. The molecule has 34 heavy (non-hydrogen) atoms. The van der Waals surface area contributed by atoms with Gasteiger partial charge in [0.15, 0.2) is 0 Å². The van der Waals surface area contributed by atoms with Gasteiger partial charge >= 0.3 is 0 Å². The fourth-order valence-corrected chi connectivity index (χ4v) is 6.57. The second kappa shape index (κ2) is 8.95. The summed E-state index contributed by atoms with van der Waals surface area (Å²) < 4.78 is 63.4. The minimum atomic E-state index is -4.20. The third kappa shape index (κ3) is 4.62. The van der Waals surface area contributed by atoms with Crippen LogP contribution < -0.4 is 18.9 Å². The number of anilines is 2. The summed E-state index contributed by atoms with van der Waals surface area (Å²) in [5.41, 5.74) is 0.456. The lowest BCUT2D eigenvalue weighted by molar-refractivity contribution is 0.403. The van der Waals surface area contributed by atoms with Crippen molar-refractivity contribution in [3.05, 3.63) is 75.2 Å². The van der Waals surface area contributed by atoms with E-state index in [-0.39, 0.29) is 42.1 Å². The van der Waals surface area contributed by atoms with Crippen LogP contribution in [0, 0.1) is 0 Å². The first-order valence-electron chi connectivity index (χ1n) is 9.60. The van der Waals surface area contributed by atoms with E-state index in [0.717, 1.165) is 11.5 Å². The van der Waals surface area contributed by atoms with Gasteiger partial charge in [-0.3, -0.25) is 18.2 Å². The highest BCUT2D eigenvalue weighted by Crippen LogP contribution is 2.32. The van der Waals surface area contributed by atoms with Gasteiger partial charge in [-0.1, -0.05) is 23.7 Å². The number of aryl methyl sites for hydroxylation is 1.